The van der Waals surface area contributed by atoms with Crippen LogP contribution in [0, 0.1) is 5.92 Å². The zero-order chi connectivity index (χ0) is 20.4. The molecule has 8 nitrogen and oxygen atoms in total. The highest BCUT2D eigenvalue weighted by Crippen LogP contribution is 2.20. The molecule has 152 valence electrons. The topological polar surface area (TPSA) is 95.3 Å². The lowest BCUT2D eigenvalue weighted by Crippen LogP contribution is -2.32. The smallest absolute Gasteiger partial charge is 0.413 e. The Balaban J connectivity index is 2.00. The van der Waals surface area contributed by atoms with E-state index in [2.05, 4.69) is 29.4 Å². The third kappa shape index (κ3) is 7.22. The van der Waals surface area contributed by atoms with E-state index in [1.807, 2.05) is 34.9 Å². The minimum atomic E-state index is -0.744. The van der Waals surface area contributed by atoms with E-state index < -0.39 is 12.0 Å². The molecule has 0 saturated carbocycles. The maximum atomic E-state index is 11.9. The van der Waals surface area contributed by atoms with Crippen molar-refractivity contribution >= 4 is 23.8 Å². The van der Waals surface area contributed by atoms with Crippen molar-refractivity contribution in [3.63, 3.8) is 0 Å². The molecule has 0 bridgehead atoms. The lowest BCUT2D eigenvalue weighted by molar-refractivity contribution is -0.117. The zero-order valence-electron chi connectivity index (χ0n) is 16.4. The summed E-state index contributed by atoms with van der Waals surface area (Å²) in [5.41, 5.74) is 0. The second kappa shape index (κ2) is 11.3. The molecule has 2 aromatic rings. The van der Waals surface area contributed by atoms with Crippen LogP contribution in [0.25, 0.3) is 0 Å². The number of aromatic nitrogens is 3. The average molecular weight is 407 g/mol. The fourth-order valence-electron chi connectivity index (χ4n) is 2.26. The molecule has 9 heteroatoms. The Morgan fingerprint density at radius 3 is 2.64 bits per heavy atom. The molecule has 1 N–H and O–H groups in total. The molecule has 1 heterocycles. The van der Waals surface area contributed by atoms with E-state index in [9.17, 15) is 9.59 Å². The molecule has 2 amide bonds. The quantitative estimate of drug-likeness (QED) is 0.605. The van der Waals surface area contributed by atoms with E-state index in [0.29, 0.717) is 16.9 Å². The monoisotopic (exact) mass is 406 g/mol. The Labute approximate surface area is 169 Å². The summed E-state index contributed by atoms with van der Waals surface area (Å²) in [5, 5.41) is 11.2. The van der Waals surface area contributed by atoms with Crippen molar-refractivity contribution in [3.8, 4) is 5.75 Å². The van der Waals surface area contributed by atoms with E-state index in [4.69, 9.17) is 9.47 Å². The second-order valence-electron chi connectivity index (χ2n) is 6.39. The maximum absolute atomic E-state index is 11.9. The highest BCUT2D eigenvalue weighted by molar-refractivity contribution is 7.99. The number of hydrogen-bond acceptors (Lipinski definition) is 7. The van der Waals surface area contributed by atoms with Crippen molar-refractivity contribution < 1.29 is 19.1 Å². The number of alkyl carbamates (subject to hydrolysis) is 1. The first-order chi connectivity index (χ1) is 13.5. The first-order valence-electron chi connectivity index (χ1n) is 9.19. The van der Waals surface area contributed by atoms with Gasteiger partial charge in [0.1, 0.15) is 12.4 Å². The van der Waals surface area contributed by atoms with Crippen LogP contribution in [0.1, 0.15) is 33.0 Å². The Morgan fingerprint density at radius 2 is 1.96 bits per heavy atom. The number of benzene rings is 1. The number of para-hydroxylation sites is 1. The Hall–Kier alpha value is -2.55. The number of amides is 2. The number of nitrogens with one attached hydrogen (secondary N) is 1. The second-order valence-corrected chi connectivity index (χ2v) is 7.33. The molecule has 0 spiro atoms. The van der Waals surface area contributed by atoms with Crippen molar-refractivity contribution in [3.05, 3.63) is 36.2 Å². The van der Waals surface area contributed by atoms with Crippen molar-refractivity contribution in [1.82, 2.24) is 20.1 Å². The molecule has 0 aliphatic heterocycles. The number of carbonyl (C=O) groups is 2. The summed E-state index contributed by atoms with van der Waals surface area (Å²) < 4.78 is 12.4. The van der Waals surface area contributed by atoms with Crippen LogP contribution in [0.3, 0.4) is 0 Å². The summed E-state index contributed by atoms with van der Waals surface area (Å²) in [6.07, 6.45) is 0.199. The minimum absolute atomic E-state index is 0.0398. The normalized spacial score (nSPS) is 10.7. The van der Waals surface area contributed by atoms with Gasteiger partial charge >= 0.3 is 6.09 Å². The SMILES string of the molecule is CCOC(=O)NC(=O)CSc1nnc(COc2ccccc2)n1CCC(C)C. The predicted octanol–water partition coefficient (Wildman–Crippen LogP) is 3.27. The summed E-state index contributed by atoms with van der Waals surface area (Å²) >= 11 is 1.22. The summed E-state index contributed by atoms with van der Waals surface area (Å²) in [6, 6.07) is 9.49. The van der Waals surface area contributed by atoms with Gasteiger partial charge in [0.15, 0.2) is 11.0 Å². The molecule has 28 heavy (non-hydrogen) atoms. The van der Waals surface area contributed by atoms with Gasteiger partial charge in [0.25, 0.3) is 0 Å². The molecule has 0 saturated heterocycles. The van der Waals surface area contributed by atoms with Gasteiger partial charge in [-0.25, -0.2) is 4.79 Å². The van der Waals surface area contributed by atoms with Crippen LogP contribution < -0.4 is 10.1 Å². The third-order valence-electron chi connectivity index (χ3n) is 3.68. The van der Waals surface area contributed by atoms with E-state index in [1.165, 1.54) is 11.8 Å². The molecule has 0 atom stereocenters. The molecule has 1 aromatic heterocycles. The van der Waals surface area contributed by atoms with Crippen molar-refractivity contribution in [2.24, 2.45) is 5.92 Å². The van der Waals surface area contributed by atoms with Crippen LogP contribution in [0.4, 0.5) is 4.79 Å². The summed E-state index contributed by atoms with van der Waals surface area (Å²) in [7, 11) is 0. The van der Waals surface area contributed by atoms with Crippen LogP contribution in [0.2, 0.25) is 0 Å². The van der Waals surface area contributed by atoms with Gasteiger partial charge in [0.2, 0.25) is 5.91 Å². The highest BCUT2D eigenvalue weighted by Gasteiger charge is 2.16. The van der Waals surface area contributed by atoms with E-state index in [-0.39, 0.29) is 19.0 Å². The Morgan fingerprint density at radius 1 is 1.21 bits per heavy atom. The number of ether oxygens (including phenoxy) is 2. The first kappa shape index (κ1) is 21.7. The zero-order valence-corrected chi connectivity index (χ0v) is 17.2. The molecule has 0 aliphatic rings. The van der Waals surface area contributed by atoms with Gasteiger partial charge in [-0.3, -0.25) is 10.1 Å². The van der Waals surface area contributed by atoms with Crippen LogP contribution >= 0.6 is 11.8 Å². The van der Waals surface area contributed by atoms with E-state index in [0.717, 1.165) is 18.7 Å². The number of thioether (sulfide) groups is 1. The van der Waals surface area contributed by atoms with Gasteiger partial charge in [-0.2, -0.15) is 0 Å². The summed E-state index contributed by atoms with van der Waals surface area (Å²) in [4.78, 5) is 23.2. The summed E-state index contributed by atoms with van der Waals surface area (Å²) in [6.45, 7) is 7.18. The van der Waals surface area contributed by atoms with Gasteiger partial charge in [0.05, 0.1) is 12.4 Å². The molecular formula is C19H26N4O4S. The fraction of sp³-hybridized carbons (Fsp3) is 0.474. The standard InChI is InChI=1S/C19H26N4O4S/c1-4-26-19(25)20-17(24)13-28-18-22-21-16(23(18)11-10-14(2)3)12-27-15-8-6-5-7-9-15/h5-9,14H,4,10-13H2,1-3H3,(H,20,24,25). The minimum Gasteiger partial charge on any atom is -0.486 e. The highest BCUT2D eigenvalue weighted by atomic mass is 32.2. The summed E-state index contributed by atoms with van der Waals surface area (Å²) in [5.74, 6) is 1.55. The van der Waals surface area contributed by atoms with Crippen molar-refractivity contribution in [1.29, 1.82) is 0 Å². The van der Waals surface area contributed by atoms with Gasteiger partial charge in [0, 0.05) is 6.54 Å². The van der Waals surface area contributed by atoms with Crippen LogP contribution in [-0.4, -0.2) is 39.1 Å². The lowest BCUT2D eigenvalue weighted by Gasteiger charge is -2.12. The third-order valence-corrected chi connectivity index (χ3v) is 4.65. The van der Waals surface area contributed by atoms with E-state index in [1.54, 1.807) is 6.92 Å². The molecule has 0 aliphatic carbocycles. The van der Waals surface area contributed by atoms with Gasteiger partial charge < -0.3 is 14.0 Å². The van der Waals surface area contributed by atoms with Gasteiger partial charge in [-0.1, -0.05) is 43.8 Å². The molecule has 1 aromatic carbocycles. The number of rotatable bonds is 10. The average Bonchev–Trinajstić information content (AvgIpc) is 3.05. The lowest BCUT2D eigenvalue weighted by atomic mass is 10.1. The van der Waals surface area contributed by atoms with Crippen molar-refractivity contribution in [2.45, 2.75) is 45.5 Å². The number of imide groups is 1. The molecule has 0 fully saturated rings. The fourth-order valence-corrected chi connectivity index (χ4v) is 3.04. The predicted molar refractivity (Wildman–Crippen MR) is 106 cm³/mol. The van der Waals surface area contributed by atoms with Crippen molar-refractivity contribution in [2.75, 3.05) is 12.4 Å². The molecule has 0 unspecified atom stereocenters. The first-order valence-corrected chi connectivity index (χ1v) is 10.2. The Kier molecular flexibility index (Phi) is 8.80. The van der Waals surface area contributed by atoms with Crippen LogP contribution in [-0.2, 0) is 22.7 Å². The number of carbonyl (C=O) groups excluding carboxylic acids is 2. The molecule has 2 rings (SSSR count). The van der Waals surface area contributed by atoms with Gasteiger partial charge in [-0.15, -0.1) is 10.2 Å². The van der Waals surface area contributed by atoms with E-state index >= 15 is 0 Å². The number of nitrogens with zero attached hydrogens (tertiary/aromatic N) is 3. The Bertz CT molecular complexity index is 765. The van der Waals surface area contributed by atoms with Gasteiger partial charge in [-0.05, 0) is 31.4 Å². The van der Waals surface area contributed by atoms with Crippen LogP contribution in [0.15, 0.2) is 35.5 Å². The van der Waals surface area contributed by atoms with Crippen LogP contribution in [0.5, 0.6) is 5.75 Å². The maximum Gasteiger partial charge on any atom is 0.413 e. The largest absolute Gasteiger partial charge is 0.486 e. The molecule has 0 radical (unpaired) electrons. The molecular weight excluding hydrogens is 380 g/mol. The number of hydrogen-bond donors (Lipinski definition) is 1.